The second kappa shape index (κ2) is 12.1. The third-order valence-electron chi connectivity index (χ3n) is 1.37. The minimum absolute atomic E-state index is 0. The van der Waals surface area contributed by atoms with E-state index in [1.54, 1.807) is 0 Å². The van der Waals surface area contributed by atoms with Crippen molar-refractivity contribution in [3.8, 4) is 0 Å². The van der Waals surface area contributed by atoms with Crippen LogP contribution in [0.4, 0.5) is 0 Å². The summed E-state index contributed by atoms with van der Waals surface area (Å²) in [5, 5.41) is 7.60. The van der Waals surface area contributed by atoms with Crippen LogP contribution >= 0.6 is 0 Å². The molecule has 7 heteroatoms. The molecule has 0 saturated carbocycles. The molecule has 1 aromatic rings. The molecule has 0 spiro atoms. The molecule has 1 aromatic carbocycles. The summed E-state index contributed by atoms with van der Waals surface area (Å²) < 4.78 is 14.4. The smallest absolute Gasteiger partial charge is 0.584 e. The SMILES string of the molecule is C=CC(=O)O.O=[Si]([O-])OCc1ccccc1.[K+]. The van der Waals surface area contributed by atoms with E-state index in [9.17, 15) is 14.1 Å². The maximum atomic E-state index is 10.0. The quantitative estimate of drug-likeness (QED) is 0.476. The van der Waals surface area contributed by atoms with E-state index >= 15 is 0 Å². The van der Waals surface area contributed by atoms with Crippen LogP contribution in [0.1, 0.15) is 5.56 Å². The molecule has 0 unspecified atom stereocenters. The molecule has 0 radical (unpaired) electrons. The fraction of sp³-hybridized carbons (Fsp3) is 0.100. The number of hydrogen-bond acceptors (Lipinski definition) is 4. The van der Waals surface area contributed by atoms with Crippen molar-refractivity contribution in [2.45, 2.75) is 6.61 Å². The summed E-state index contributed by atoms with van der Waals surface area (Å²) in [6.07, 6.45) is 0.833. The summed E-state index contributed by atoms with van der Waals surface area (Å²) in [5.74, 6) is -0.981. The first kappa shape index (κ1) is 19.0. The van der Waals surface area contributed by atoms with Gasteiger partial charge in [-0.3, -0.25) is 0 Å². The van der Waals surface area contributed by atoms with E-state index < -0.39 is 15.1 Å². The molecule has 0 aliphatic carbocycles. The number of aliphatic carboxylic acids is 1. The first-order valence-electron chi connectivity index (χ1n) is 4.29. The van der Waals surface area contributed by atoms with Gasteiger partial charge >= 0.3 is 66.5 Å². The Labute approximate surface area is 143 Å². The second-order valence-corrected chi connectivity index (χ2v) is 3.36. The van der Waals surface area contributed by atoms with E-state index in [1.165, 1.54) is 0 Å². The summed E-state index contributed by atoms with van der Waals surface area (Å²) >= 11 is 0. The van der Waals surface area contributed by atoms with E-state index in [0.717, 1.165) is 11.6 Å². The van der Waals surface area contributed by atoms with Crippen molar-refractivity contribution >= 4 is 15.1 Å². The van der Waals surface area contributed by atoms with Crippen molar-refractivity contribution in [2.24, 2.45) is 0 Å². The maximum absolute atomic E-state index is 10.0. The minimum atomic E-state index is -3.03. The van der Waals surface area contributed by atoms with Crippen LogP contribution in [0.2, 0.25) is 0 Å². The molecule has 0 aliphatic heterocycles. The topological polar surface area (TPSA) is 86.7 Å². The number of carboxylic acid groups (broad SMARTS) is 1. The van der Waals surface area contributed by atoms with Crippen molar-refractivity contribution in [1.29, 1.82) is 0 Å². The predicted molar refractivity (Wildman–Crippen MR) is 55.5 cm³/mol. The second-order valence-electron chi connectivity index (χ2n) is 2.57. The molecule has 0 bridgehead atoms. The molecule has 0 aliphatic rings. The van der Waals surface area contributed by atoms with E-state index in [0.29, 0.717) is 0 Å². The summed E-state index contributed by atoms with van der Waals surface area (Å²) in [5.41, 5.74) is 0.863. The Morgan fingerprint density at radius 2 is 1.94 bits per heavy atom. The van der Waals surface area contributed by atoms with Crippen molar-refractivity contribution < 1.29 is 75.0 Å². The molecular formula is C10H11KO5Si. The van der Waals surface area contributed by atoms with Crippen molar-refractivity contribution in [3.05, 3.63) is 48.6 Å². The Morgan fingerprint density at radius 1 is 1.47 bits per heavy atom. The first-order valence-corrected chi connectivity index (χ1v) is 5.51. The summed E-state index contributed by atoms with van der Waals surface area (Å²) in [4.78, 5) is 19.3. The molecule has 5 nitrogen and oxygen atoms in total. The Kier molecular flexibility index (Phi) is 13.6. The van der Waals surface area contributed by atoms with Crippen LogP contribution in [-0.2, 0) is 20.3 Å². The average Bonchev–Trinajstić information content (AvgIpc) is 2.28. The van der Waals surface area contributed by atoms with Gasteiger partial charge in [0.05, 0.1) is 0 Å². The zero-order chi connectivity index (χ0) is 12.4. The van der Waals surface area contributed by atoms with Gasteiger partial charge < -0.3 is 18.8 Å². The Balaban J connectivity index is 0. The molecule has 0 atom stereocenters. The predicted octanol–water partition coefficient (Wildman–Crippen LogP) is -2.76. The van der Waals surface area contributed by atoms with Crippen LogP contribution in [0.15, 0.2) is 43.0 Å². The number of benzene rings is 1. The van der Waals surface area contributed by atoms with Gasteiger partial charge in [0, 0.05) is 12.7 Å². The normalized spacial score (nSPS) is 7.76. The monoisotopic (exact) mass is 278 g/mol. The van der Waals surface area contributed by atoms with Crippen molar-refractivity contribution in [1.82, 2.24) is 0 Å². The number of rotatable bonds is 4. The first-order chi connectivity index (χ1) is 7.56. The van der Waals surface area contributed by atoms with E-state index in [-0.39, 0.29) is 58.0 Å². The van der Waals surface area contributed by atoms with Gasteiger partial charge in [0.1, 0.15) is 0 Å². The van der Waals surface area contributed by atoms with Crippen molar-refractivity contribution in [3.63, 3.8) is 0 Å². The van der Waals surface area contributed by atoms with E-state index in [1.807, 2.05) is 30.3 Å². The largest absolute Gasteiger partial charge is 1.00 e. The van der Waals surface area contributed by atoms with Crippen molar-refractivity contribution in [2.75, 3.05) is 0 Å². The van der Waals surface area contributed by atoms with Crippen LogP contribution in [-0.4, -0.2) is 20.2 Å². The van der Waals surface area contributed by atoms with Gasteiger partial charge in [-0.2, -0.15) is 0 Å². The number of carboxylic acids is 1. The van der Waals surface area contributed by atoms with Gasteiger partial charge in [0.25, 0.3) is 0 Å². The van der Waals surface area contributed by atoms with Crippen LogP contribution in [0.5, 0.6) is 0 Å². The van der Waals surface area contributed by atoms with Gasteiger partial charge in [-0.1, -0.05) is 36.9 Å². The third kappa shape index (κ3) is 13.6. The number of hydrogen-bond donors (Lipinski definition) is 1. The molecular weight excluding hydrogens is 267 g/mol. The zero-order valence-corrected chi connectivity index (χ0v) is 13.6. The summed E-state index contributed by atoms with van der Waals surface area (Å²) in [6, 6.07) is 9.15. The fourth-order valence-electron chi connectivity index (χ4n) is 0.716. The van der Waals surface area contributed by atoms with Gasteiger partial charge in [-0.25, -0.2) is 4.79 Å². The third-order valence-corrected chi connectivity index (χ3v) is 1.75. The van der Waals surface area contributed by atoms with Crippen LogP contribution in [0.25, 0.3) is 0 Å². The molecule has 1 N–H and O–H groups in total. The molecule has 0 fully saturated rings. The zero-order valence-electron chi connectivity index (χ0n) is 9.46. The van der Waals surface area contributed by atoms with Crippen LogP contribution < -0.4 is 56.2 Å². The Hall–Kier alpha value is -0.317. The van der Waals surface area contributed by atoms with E-state index in [4.69, 9.17) is 5.11 Å². The van der Waals surface area contributed by atoms with Crippen LogP contribution in [0.3, 0.4) is 0 Å². The molecule has 1 rings (SSSR count). The molecule has 17 heavy (non-hydrogen) atoms. The maximum Gasteiger partial charge on any atom is 1.00 e. The standard InChI is InChI=1S/C7H7O3Si.C3H4O2.K/c8-11(9)10-6-7-4-2-1-3-5-7;1-2-3(4)5;/h1-5H,6H2;2H,1H2,(H,4,5);/q-1;;+1. The van der Waals surface area contributed by atoms with Gasteiger partial charge in [-0.15, -0.1) is 0 Å². The molecule has 0 aromatic heterocycles. The number of carbonyl (C=O) groups is 1. The van der Waals surface area contributed by atoms with Crippen LogP contribution in [0, 0.1) is 0 Å². The minimum Gasteiger partial charge on any atom is -0.584 e. The summed E-state index contributed by atoms with van der Waals surface area (Å²) in [7, 11) is -3.03. The molecule has 0 amide bonds. The van der Waals surface area contributed by atoms with Gasteiger partial charge in [0.2, 0.25) is 0 Å². The fourth-order valence-corrected chi connectivity index (χ4v) is 1.00. The summed E-state index contributed by atoms with van der Waals surface area (Å²) in [6.45, 7) is 3.10. The Morgan fingerprint density at radius 3 is 2.29 bits per heavy atom. The average molecular weight is 278 g/mol. The van der Waals surface area contributed by atoms with E-state index in [2.05, 4.69) is 11.0 Å². The Bertz CT molecular complexity index is 355. The van der Waals surface area contributed by atoms with Gasteiger partial charge in [0.15, 0.2) is 0 Å². The molecule has 86 valence electrons. The van der Waals surface area contributed by atoms with Gasteiger partial charge in [-0.05, 0) is 5.56 Å². The molecule has 0 saturated heterocycles. The molecule has 0 heterocycles.